The van der Waals surface area contributed by atoms with E-state index in [4.69, 9.17) is 14.2 Å². The van der Waals surface area contributed by atoms with Crippen LogP contribution in [0.1, 0.15) is 48.5 Å². The highest BCUT2D eigenvalue weighted by molar-refractivity contribution is 5.68. The van der Waals surface area contributed by atoms with Gasteiger partial charge < -0.3 is 19.5 Å². The van der Waals surface area contributed by atoms with Crippen LogP contribution in [0.2, 0.25) is 0 Å². The quantitative estimate of drug-likeness (QED) is 0.782. The molecule has 0 aromatic carbocycles. The Balaban J connectivity index is 1.99. The van der Waals surface area contributed by atoms with Crippen LogP contribution in [-0.4, -0.2) is 91.2 Å². The summed E-state index contributed by atoms with van der Waals surface area (Å²) in [5.74, 6) is 0. The van der Waals surface area contributed by atoms with Gasteiger partial charge in [-0.25, -0.2) is 4.79 Å². The zero-order chi connectivity index (χ0) is 20.2. The fraction of sp³-hybridized carbons (Fsp3) is 0.950. The zero-order valence-corrected chi connectivity index (χ0v) is 18.2. The van der Waals surface area contributed by atoms with Crippen molar-refractivity contribution in [3.05, 3.63) is 0 Å². The monoisotopic (exact) mass is 385 g/mol. The third kappa shape index (κ3) is 8.34. The lowest BCUT2D eigenvalue weighted by atomic mass is 10.1. The molecular weight excluding hydrogens is 346 g/mol. The topological polar surface area (TPSA) is 63.3 Å². The maximum atomic E-state index is 12.4. The second kappa shape index (κ2) is 9.54. The normalized spacial score (nSPS) is 32.1. The summed E-state index contributed by atoms with van der Waals surface area (Å²) in [6.07, 6.45) is 0.480. The Morgan fingerprint density at radius 3 is 1.63 bits per heavy atom. The van der Waals surface area contributed by atoms with Crippen LogP contribution in [0.3, 0.4) is 0 Å². The van der Waals surface area contributed by atoms with Crippen molar-refractivity contribution in [2.75, 3.05) is 39.3 Å². The van der Waals surface area contributed by atoms with E-state index in [2.05, 4.69) is 42.8 Å². The van der Waals surface area contributed by atoms with E-state index >= 15 is 0 Å². The van der Waals surface area contributed by atoms with Gasteiger partial charge in [0, 0.05) is 39.3 Å². The number of hydrogen-bond donors (Lipinski definition) is 1. The molecule has 0 bridgehead atoms. The Morgan fingerprint density at radius 2 is 1.30 bits per heavy atom. The van der Waals surface area contributed by atoms with Gasteiger partial charge in [0.05, 0.1) is 30.5 Å². The van der Waals surface area contributed by atoms with Gasteiger partial charge in [-0.15, -0.1) is 0 Å². The molecule has 158 valence electrons. The summed E-state index contributed by atoms with van der Waals surface area (Å²) in [4.78, 5) is 17.2. The summed E-state index contributed by atoms with van der Waals surface area (Å²) in [6, 6.07) is -0.00477. The van der Waals surface area contributed by atoms with Crippen molar-refractivity contribution in [1.82, 2.24) is 15.1 Å². The van der Waals surface area contributed by atoms with Crippen molar-refractivity contribution >= 4 is 6.09 Å². The number of nitrogens with zero attached hydrogens (tertiary/aromatic N) is 2. The first-order valence-electron chi connectivity index (χ1n) is 10.3. The van der Waals surface area contributed by atoms with E-state index < -0.39 is 5.60 Å². The van der Waals surface area contributed by atoms with Gasteiger partial charge in [-0.3, -0.25) is 9.80 Å². The summed E-state index contributed by atoms with van der Waals surface area (Å²) in [5, 5.41) is 3.10. The second-order valence-corrected chi connectivity index (χ2v) is 9.29. The predicted molar refractivity (Wildman–Crippen MR) is 106 cm³/mol. The van der Waals surface area contributed by atoms with Crippen LogP contribution < -0.4 is 5.32 Å². The van der Waals surface area contributed by atoms with Crippen molar-refractivity contribution in [2.45, 2.75) is 84.5 Å². The number of morpholine rings is 2. The standard InChI is InChI=1S/C20H39N3O4/c1-14-8-22(9-15(2)25-14)12-18(21-19(24)27-20(5,6)7)13-23-10-16(3)26-17(4)11-23/h14-18H,8-13H2,1-7H3,(H,21,24)/t14-,15-,16-,17+,18?/m0/s1. The van der Waals surface area contributed by atoms with Crippen LogP contribution in [0.15, 0.2) is 0 Å². The maximum absolute atomic E-state index is 12.4. The van der Waals surface area contributed by atoms with Crippen LogP contribution in [-0.2, 0) is 14.2 Å². The van der Waals surface area contributed by atoms with E-state index in [-0.39, 0.29) is 36.6 Å². The predicted octanol–water partition coefficient (Wildman–Crippen LogP) is 2.10. The van der Waals surface area contributed by atoms with Gasteiger partial charge in [-0.05, 0) is 48.5 Å². The minimum atomic E-state index is -0.501. The molecule has 0 aliphatic carbocycles. The summed E-state index contributed by atoms with van der Waals surface area (Å²) in [7, 11) is 0. The summed E-state index contributed by atoms with van der Waals surface area (Å²) in [6.45, 7) is 19.2. The van der Waals surface area contributed by atoms with Crippen molar-refractivity contribution < 1.29 is 19.0 Å². The van der Waals surface area contributed by atoms with Gasteiger partial charge in [0.15, 0.2) is 0 Å². The molecule has 2 aliphatic heterocycles. The highest BCUT2D eigenvalue weighted by Gasteiger charge is 2.29. The fourth-order valence-corrected chi connectivity index (χ4v) is 4.11. The molecule has 7 nitrogen and oxygen atoms in total. The first-order valence-corrected chi connectivity index (χ1v) is 10.3. The first kappa shape index (κ1) is 22.4. The Bertz CT molecular complexity index is 434. The third-order valence-corrected chi connectivity index (χ3v) is 4.67. The molecule has 0 radical (unpaired) electrons. The van der Waals surface area contributed by atoms with Crippen LogP contribution in [0.4, 0.5) is 4.79 Å². The molecule has 2 rings (SSSR count). The van der Waals surface area contributed by atoms with E-state index in [9.17, 15) is 4.79 Å². The van der Waals surface area contributed by atoms with Gasteiger partial charge in [0.1, 0.15) is 5.60 Å². The van der Waals surface area contributed by atoms with E-state index in [1.165, 1.54) is 0 Å². The molecule has 0 saturated carbocycles. The molecule has 0 aromatic heterocycles. The average molecular weight is 386 g/mol. The van der Waals surface area contributed by atoms with Crippen LogP contribution in [0, 0.1) is 0 Å². The molecule has 2 fully saturated rings. The lowest BCUT2D eigenvalue weighted by Crippen LogP contribution is -2.57. The summed E-state index contributed by atoms with van der Waals surface area (Å²) in [5.41, 5.74) is -0.501. The van der Waals surface area contributed by atoms with Crippen LogP contribution in [0.5, 0.6) is 0 Å². The maximum Gasteiger partial charge on any atom is 0.407 e. The Labute approximate surface area is 164 Å². The molecule has 2 aliphatic rings. The van der Waals surface area contributed by atoms with E-state index in [1.807, 2.05) is 20.8 Å². The van der Waals surface area contributed by atoms with Gasteiger partial charge in [-0.1, -0.05) is 0 Å². The highest BCUT2D eigenvalue weighted by Crippen LogP contribution is 2.15. The van der Waals surface area contributed by atoms with Gasteiger partial charge >= 0.3 is 6.09 Å². The lowest BCUT2D eigenvalue weighted by molar-refractivity contribution is -0.0790. The SMILES string of the molecule is C[C@@H]1CN(CC(CN2C[C@H](C)O[C@@H](C)C2)NC(=O)OC(C)(C)C)C[C@H](C)O1. The van der Waals surface area contributed by atoms with E-state index in [0.29, 0.717) is 0 Å². The molecule has 1 amide bonds. The van der Waals surface area contributed by atoms with Gasteiger partial charge in [0.25, 0.3) is 0 Å². The molecule has 0 aromatic rings. The number of nitrogens with one attached hydrogen (secondary N) is 1. The Morgan fingerprint density at radius 1 is 0.926 bits per heavy atom. The third-order valence-electron chi connectivity index (χ3n) is 4.67. The van der Waals surface area contributed by atoms with E-state index in [0.717, 1.165) is 39.3 Å². The largest absolute Gasteiger partial charge is 0.444 e. The molecule has 2 saturated heterocycles. The number of carbonyl (C=O) groups excluding carboxylic acids is 1. The number of hydrogen-bond acceptors (Lipinski definition) is 6. The number of amides is 1. The summed E-state index contributed by atoms with van der Waals surface area (Å²) < 4.78 is 17.2. The second-order valence-electron chi connectivity index (χ2n) is 9.29. The smallest absolute Gasteiger partial charge is 0.407 e. The Hall–Kier alpha value is -0.890. The molecule has 0 spiro atoms. The minimum Gasteiger partial charge on any atom is -0.444 e. The molecule has 5 atom stereocenters. The molecule has 27 heavy (non-hydrogen) atoms. The van der Waals surface area contributed by atoms with Crippen LogP contribution >= 0.6 is 0 Å². The molecular formula is C20H39N3O4. The lowest BCUT2D eigenvalue weighted by Gasteiger charge is -2.40. The number of rotatable bonds is 5. The molecule has 1 N–H and O–H groups in total. The number of carbonyl (C=O) groups is 1. The Kier molecular flexibility index (Phi) is 7.92. The average Bonchev–Trinajstić information content (AvgIpc) is 2.42. The fourth-order valence-electron chi connectivity index (χ4n) is 4.11. The molecule has 7 heteroatoms. The van der Waals surface area contributed by atoms with Gasteiger partial charge in [-0.2, -0.15) is 0 Å². The van der Waals surface area contributed by atoms with Crippen molar-refractivity contribution in [3.8, 4) is 0 Å². The van der Waals surface area contributed by atoms with Crippen molar-refractivity contribution in [3.63, 3.8) is 0 Å². The number of alkyl carbamates (subject to hydrolysis) is 1. The molecule has 1 unspecified atom stereocenters. The van der Waals surface area contributed by atoms with Crippen molar-refractivity contribution in [1.29, 1.82) is 0 Å². The van der Waals surface area contributed by atoms with Gasteiger partial charge in [0.2, 0.25) is 0 Å². The highest BCUT2D eigenvalue weighted by atomic mass is 16.6. The summed E-state index contributed by atoms with van der Waals surface area (Å²) >= 11 is 0. The van der Waals surface area contributed by atoms with Crippen LogP contribution in [0.25, 0.3) is 0 Å². The molecule has 2 heterocycles. The zero-order valence-electron chi connectivity index (χ0n) is 18.2. The minimum absolute atomic E-state index is 0.00477. The van der Waals surface area contributed by atoms with Crippen molar-refractivity contribution in [2.24, 2.45) is 0 Å². The number of ether oxygens (including phenoxy) is 3. The first-order chi connectivity index (χ1) is 12.5. The van der Waals surface area contributed by atoms with E-state index in [1.54, 1.807) is 0 Å².